The Balaban J connectivity index is 1.43. The standard InChI is InChI=1S/C16H23N3/c1-3-12-4-2-9-17-16(12)15(5-1)18-13-8-10-19(11-13)14-6-7-14/h2,4,9,13-15,18H,1,3,5-8,10-11H2. The first kappa shape index (κ1) is 11.9. The predicted octanol–water partition coefficient (Wildman–Crippen LogP) is 2.29. The van der Waals surface area contributed by atoms with Gasteiger partial charge in [0.25, 0.3) is 0 Å². The largest absolute Gasteiger partial charge is 0.304 e. The summed E-state index contributed by atoms with van der Waals surface area (Å²) in [5.74, 6) is 0. The maximum Gasteiger partial charge on any atom is 0.0605 e. The summed E-state index contributed by atoms with van der Waals surface area (Å²) in [7, 11) is 0. The molecule has 0 radical (unpaired) electrons. The van der Waals surface area contributed by atoms with Crippen molar-refractivity contribution in [3.63, 3.8) is 0 Å². The highest BCUT2D eigenvalue weighted by molar-refractivity contribution is 5.25. The SMILES string of the molecule is c1cnc2c(c1)CCCC2NC1CCN(C2CC2)C1. The summed E-state index contributed by atoms with van der Waals surface area (Å²) >= 11 is 0. The average Bonchev–Trinajstić information content (AvgIpc) is 3.20. The van der Waals surface area contributed by atoms with Gasteiger partial charge in [0.15, 0.2) is 0 Å². The summed E-state index contributed by atoms with van der Waals surface area (Å²) in [6.07, 6.45) is 9.89. The molecule has 1 aliphatic heterocycles. The molecule has 1 saturated carbocycles. The number of nitrogens with one attached hydrogen (secondary N) is 1. The Bertz CT molecular complexity index is 455. The van der Waals surface area contributed by atoms with E-state index in [1.54, 1.807) is 0 Å². The van der Waals surface area contributed by atoms with Gasteiger partial charge in [0, 0.05) is 31.4 Å². The van der Waals surface area contributed by atoms with Gasteiger partial charge >= 0.3 is 0 Å². The molecule has 0 spiro atoms. The molecule has 1 saturated heterocycles. The summed E-state index contributed by atoms with van der Waals surface area (Å²) in [6.45, 7) is 2.55. The van der Waals surface area contributed by atoms with E-state index in [0.717, 1.165) is 6.04 Å². The lowest BCUT2D eigenvalue weighted by atomic mass is 9.91. The van der Waals surface area contributed by atoms with Gasteiger partial charge in [-0.15, -0.1) is 0 Å². The second-order valence-electron chi connectivity index (χ2n) is 6.37. The molecule has 3 heteroatoms. The molecule has 1 aromatic rings. The maximum atomic E-state index is 4.63. The first-order valence-electron chi connectivity index (χ1n) is 7.84. The summed E-state index contributed by atoms with van der Waals surface area (Å²) in [5, 5.41) is 3.88. The lowest BCUT2D eigenvalue weighted by molar-refractivity contribution is 0.307. The molecule has 2 fully saturated rings. The highest BCUT2D eigenvalue weighted by Crippen LogP contribution is 2.32. The van der Waals surface area contributed by atoms with Crippen molar-refractivity contribution in [2.75, 3.05) is 13.1 Å². The van der Waals surface area contributed by atoms with Crippen molar-refractivity contribution in [1.29, 1.82) is 0 Å². The maximum absolute atomic E-state index is 4.63. The van der Waals surface area contributed by atoms with Crippen LogP contribution in [0.5, 0.6) is 0 Å². The third-order valence-corrected chi connectivity index (χ3v) is 4.91. The van der Waals surface area contributed by atoms with Gasteiger partial charge in [-0.25, -0.2) is 0 Å². The Morgan fingerprint density at radius 2 is 2.16 bits per heavy atom. The van der Waals surface area contributed by atoms with Crippen molar-refractivity contribution >= 4 is 0 Å². The molecule has 19 heavy (non-hydrogen) atoms. The van der Waals surface area contributed by atoms with Crippen LogP contribution in [0.25, 0.3) is 0 Å². The van der Waals surface area contributed by atoms with E-state index in [4.69, 9.17) is 0 Å². The highest BCUT2D eigenvalue weighted by Gasteiger charge is 2.35. The fraction of sp³-hybridized carbons (Fsp3) is 0.688. The van der Waals surface area contributed by atoms with E-state index in [9.17, 15) is 0 Å². The van der Waals surface area contributed by atoms with Crippen LogP contribution in [-0.4, -0.2) is 35.1 Å². The number of rotatable bonds is 3. The molecule has 3 nitrogen and oxygen atoms in total. The van der Waals surface area contributed by atoms with Crippen molar-refractivity contribution in [2.45, 2.75) is 56.7 Å². The Labute approximate surface area is 115 Å². The molecule has 2 atom stereocenters. The molecule has 4 rings (SSSR count). The molecule has 3 aliphatic rings. The summed E-state index contributed by atoms with van der Waals surface area (Å²) in [4.78, 5) is 7.31. The second-order valence-corrected chi connectivity index (χ2v) is 6.37. The number of hydrogen-bond acceptors (Lipinski definition) is 3. The summed E-state index contributed by atoms with van der Waals surface area (Å²) < 4.78 is 0. The fourth-order valence-corrected chi connectivity index (χ4v) is 3.75. The number of likely N-dealkylation sites (tertiary alicyclic amines) is 1. The highest BCUT2D eigenvalue weighted by atomic mass is 15.2. The zero-order valence-corrected chi connectivity index (χ0v) is 11.5. The van der Waals surface area contributed by atoms with Crippen molar-refractivity contribution < 1.29 is 0 Å². The van der Waals surface area contributed by atoms with Gasteiger partial charge in [0.2, 0.25) is 0 Å². The molecule has 1 aromatic heterocycles. The van der Waals surface area contributed by atoms with Crippen molar-refractivity contribution in [3.8, 4) is 0 Å². The minimum atomic E-state index is 0.495. The molecule has 102 valence electrons. The van der Waals surface area contributed by atoms with E-state index in [1.165, 1.54) is 62.9 Å². The van der Waals surface area contributed by atoms with E-state index < -0.39 is 0 Å². The van der Waals surface area contributed by atoms with E-state index in [2.05, 4.69) is 27.3 Å². The molecule has 2 unspecified atom stereocenters. The third kappa shape index (κ3) is 2.41. The zero-order valence-electron chi connectivity index (χ0n) is 11.5. The Morgan fingerprint density at radius 1 is 1.21 bits per heavy atom. The monoisotopic (exact) mass is 257 g/mol. The number of fused-ring (bicyclic) bond motifs is 1. The molecular weight excluding hydrogens is 234 g/mol. The summed E-state index contributed by atoms with van der Waals surface area (Å²) in [6, 6.07) is 6.42. The van der Waals surface area contributed by atoms with Crippen LogP contribution >= 0.6 is 0 Å². The number of aryl methyl sites for hydroxylation is 1. The number of nitrogens with zero attached hydrogens (tertiary/aromatic N) is 2. The predicted molar refractivity (Wildman–Crippen MR) is 76.1 cm³/mol. The van der Waals surface area contributed by atoms with Crippen LogP contribution in [0.1, 0.15) is 49.4 Å². The van der Waals surface area contributed by atoms with Crippen LogP contribution in [0.3, 0.4) is 0 Å². The van der Waals surface area contributed by atoms with Crippen LogP contribution in [0.4, 0.5) is 0 Å². The lowest BCUT2D eigenvalue weighted by Crippen LogP contribution is -2.37. The van der Waals surface area contributed by atoms with Crippen LogP contribution in [0.2, 0.25) is 0 Å². The molecule has 2 aliphatic carbocycles. The topological polar surface area (TPSA) is 28.2 Å². The quantitative estimate of drug-likeness (QED) is 0.900. The molecule has 0 amide bonds. The molecule has 0 bridgehead atoms. The molecule has 1 N–H and O–H groups in total. The van der Waals surface area contributed by atoms with Crippen LogP contribution in [0, 0.1) is 0 Å². The third-order valence-electron chi connectivity index (χ3n) is 4.91. The van der Waals surface area contributed by atoms with Gasteiger partial charge in [-0.3, -0.25) is 9.88 Å². The van der Waals surface area contributed by atoms with Crippen molar-refractivity contribution in [2.24, 2.45) is 0 Å². The van der Waals surface area contributed by atoms with Gasteiger partial charge in [-0.05, 0) is 50.2 Å². The smallest absolute Gasteiger partial charge is 0.0605 e. The lowest BCUT2D eigenvalue weighted by Gasteiger charge is -2.28. The number of aromatic nitrogens is 1. The number of pyridine rings is 1. The van der Waals surface area contributed by atoms with Gasteiger partial charge < -0.3 is 5.32 Å². The fourth-order valence-electron chi connectivity index (χ4n) is 3.75. The van der Waals surface area contributed by atoms with Crippen molar-refractivity contribution in [1.82, 2.24) is 15.2 Å². The molecule has 2 heterocycles. The Morgan fingerprint density at radius 3 is 3.05 bits per heavy atom. The normalized spacial score (nSPS) is 31.4. The minimum Gasteiger partial charge on any atom is -0.304 e. The minimum absolute atomic E-state index is 0.495. The van der Waals surface area contributed by atoms with Gasteiger partial charge in [0.05, 0.1) is 11.7 Å². The number of hydrogen-bond donors (Lipinski definition) is 1. The first-order chi connectivity index (χ1) is 9.40. The van der Waals surface area contributed by atoms with Gasteiger partial charge in [-0.1, -0.05) is 6.07 Å². The Kier molecular flexibility index (Phi) is 3.04. The van der Waals surface area contributed by atoms with Crippen molar-refractivity contribution in [3.05, 3.63) is 29.6 Å². The zero-order chi connectivity index (χ0) is 12.7. The second kappa shape index (κ2) is 4.88. The van der Waals surface area contributed by atoms with E-state index in [-0.39, 0.29) is 0 Å². The van der Waals surface area contributed by atoms with Crippen LogP contribution in [-0.2, 0) is 6.42 Å². The van der Waals surface area contributed by atoms with E-state index in [0.29, 0.717) is 12.1 Å². The summed E-state index contributed by atoms with van der Waals surface area (Å²) in [5.41, 5.74) is 2.78. The van der Waals surface area contributed by atoms with Gasteiger partial charge in [0.1, 0.15) is 0 Å². The molecular formula is C16H23N3. The van der Waals surface area contributed by atoms with Crippen LogP contribution < -0.4 is 5.32 Å². The van der Waals surface area contributed by atoms with E-state index in [1.807, 2.05) is 6.20 Å². The first-order valence-corrected chi connectivity index (χ1v) is 7.84. The average molecular weight is 257 g/mol. The van der Waals surface area contributed by atoms with Gasteiger partial charge in [-0.2, -0.15) is 0 Å². The Hall–Kier alpha value is -0.930. The van der Waals surface area contributed by atoms with Crippen LogP contribution in [0.15, 0.2) is 18.3 Å². The molecule has 0 aromatic carbocycles. The van der Waals surface area contributed by atoms with E-state index >= 15 is 0 Å².